The molecular weight excluding hydrogens is 491 g/mol. The van der Waals surface area contributed by atoms with Gasteiger partial charge < -0.3 is 15.0 Å². The molecule has 1 amide bonds. The van der Waals surface area contributed by atoms with Crippen molar-refractivity contribution in [3.63, 3.8) is 0 Å². The second kappa shape index (κ2) is 8.09. The molecule has 0 saturated carbocycles. The molecule has 2 heterocycles. The van der Waals surface area contributed by atoms with Crippen LogP contribution in [0.4, 0.5) is 22.0 Å². The molecule has 1 unspecified atom stereocenters. The molecule has 0 aromatic rings. The maximum atomic E-state index is 13.0. The van der Waals surface area contributed by atoms with Crippen molar-refractivity contribution in [3.05, 3.63) is 46.1 Å². The molecule has 2 aliphatic heterocycles. The van der Waals surface area contributed by atoms with Gasteiger partial charge in [0.15, 0.2) is 16.4 Å². The Morgan fingerprint density at radius 2 is 1.86 bits per heavy atom. The number of allylic oxidation sites excluding steroid dienone is 2. The fourth-order valence-corrected chi connectivity index (χ4v) is 4.20. The van der Waals surface area contributed by atoms with Crippen LogP contribution in [0.15, 0.2) is 46.1 Å². The van der Waals surface area contributed by atoms with E-state index < -0.39 is 39.7 Å². The molecule has 0 saturated heterocycles. The number of carbonyl (C=O) groups excluding carboxylic acids is 1. The first kappa shape index (κ1) is 23.4. The van der Waals surface area contributed by atoms with Gasteiger partial charge in [0.2, 0.25) is 0 Å². The van der Waals surface area contributed by atoms with Gasteiger partial charge in [-0.2, -0.15) is 22.0 Å². The van der Waals surface area contributed by atoms with Crippen LogP contribution in [0.3, 0.4) is 0 Å². The standard InChI is InChI=1S/C16H16BrF5N2O4S/c1-3-29(26,27)12-6-10(17)14(25)23-13(12)11-5-4-9(7-24(11)2)28-8-15(18,19)16(20,21)22/h4-7,12H,3,8H2,1-2H3,(H,23,25). The summed E-state index contributed by atoms with van der Waals surface area (Å²) < 4.78 is 92.1. The lowest BCUT2D eigenvalue weighted by molar-refractivity contribution is -0.293. The van der Waals surface area contributed by atoms with Gasteiger partial charge in [-0.25, -0.2) is 8.42 Å². The van der Waals surface area contributed by atoms with Gasteiger partial charge in [-0.1, -0.05) is 6.92 Å². The number of likely N-dealkylation sites (N-methyl/N-ethyl adjacent to an activating group) is 1. The van der Waals surface area contributed by atoms with Gasteiger partial charge in [0.05, 0.1) is 15.9 Å². The molecule has 2 rings (SSSR count). The highest BCUT2D eigenvalue weighted by atomic mass is 79.9. The fourth-order valence-electron chi connectivity index (χ4n) is 2.42. The number of nitrogens with zero attached hydrogens (tertiary/aromatic N) is 1. The second-order valence-corrected chi connectivity index (χ2v) is 9.37. The summed E-state index contributed by atoms with van der Waals surface area (Å²) in [6, 6.07) is 0. The summed E-state index contributed by atoms with van der Waals surface area (Å²) in [5, 5.41) is 1.27. The van der Waals surface area contributed by atoms with Crippen LogP contribution in [-0.4, -0.2) is 56.0 Å². The molecular formula is C16H16BrF5N2O4S. The van der Waals surface area contributed by atoms with Crippen LogP contribution < -0.4 is 5.32 Å². The number of hydrogen-bond donors (Lipinski definition) is 1. The number of alkyl halides is 5. The summed E-state index contributed by atoms with van der Waals surface area (Å²) in [6.45, 7) is -0.478. The van der Waals surface area contributed by atoms with Gasteiger partial charge in [0.25, 0.3) is 5.91 Å². The normalized spacial score (nSPS) is 23.5. The second-order valence-electron chi connectivity index (χ2n) is 6.11. The third-order valence-corrected chi connectivity index (χ3v) is 6.63. The summed E-state index contributed by atoms with van der Waals surface area (Å²) in [5.74, 6) is -6.14. The van der Waals surface area contributed by atoms with E-state index in [4.69, 9.17) is 0 Å². The first-order valence-corrected chi connectivity index (χ1v) is 10.5. The molecule has 2 aliphatic rings. The quantitative estimate of drug-likeness (QED) is 0.580. The lowest BCUT2D eigenvalue weighted by atomic mass is 10.1. The maximum Gasteiger partial charge on any atom is 0.456 e. The summed E-state index contributed by atoms with van der Waals surface area (Å²) in [7, 11) is -2.28. The molecule has 0 radical (unpaired) electrons. The minimum atomic E-state index is -5.75. The number of ether oxygens (including phenoxy) is 1. The molecule has 1 atom stereocenters. The van der Waals surface area contributed by atoms with Crippen LogP contribution in [0.5, 0.6) is 0 Å². The van der Waals surface area contributed by atoms with E-state index in [2.05, 4.69) is 26.0 Å². The first-order chi connectivity index (χ1) is 13.2. The lowest BCUT2D eigenvalue weighted by Crippen LogP contribution is -2.41. The predicted octanol–water partition coefficient (Wildman–Crippen LogP) is 2.97. The Kier molecular flexibility index (Phi) is 6.52. The lowest BCUT2D eigenvalue weighted by Gasteiger charge is -2.30. The predicted molar refractivity (Wildman–Crippen MR) is 97.4 cm³/mol. The third kappa shape index (κ3) is 5.00. The van der Waals surface area contributed by atoms with Crippen LogP contribution in [0.25, 0.3) is 0 Å². The molecule has 0 aromatic carbocycles. The van der Waals surface area contributed by atoms with E-state index in [1.807, 2.05) is 0 Å². The van der Waals surface area contributed by atoms with Gasteiger partial charge in [-0.15, -0.1) is 0 Å². The van der Waals surface area contributed by atoms with Gasteiger partial charge in [0.1, 0.15) is 11.0 Å². The average Bonchev–Trinajstić information content (AvgIpc) is 2.61. The third-order valence-electron chi connectivity index (χ3n) is 4.05. The highest BCUT2D eigenvalue weighted by Gasteiger charge is 2.58. The van der Waals surface area contributed by atoms with Crippen molar-refractivity contribution < 1.29 is 39.9 Å². The van der Waals surface area contributed by atoms with Crippen molar-refractivity contribution in [2.24, 2.45) is 0 Å². The highest BCUT2D eigenvalue weighted by Crippen LogP contribution is 2.36. The average molecular weight is 507 g/mol. The Morgan fingerprint density at radius 1 is 1.24 bits per heavy atom. The smallest absolute Gasteiger partial charge is 0.456 e. The van der Waals surface area contributed by atoms with Crippen LogP contribution in [-0.2, 0) is 19.4 Å². The Morgan fingerprint density at radius 3 is 2.38 bits per heavy atom. The van der Waals surface area contributed by atoms with E-state index in [9.17, 15) is 35.2 Å². The largest absolute Gasteiger partial charge is 0.485 e. The molecule has 162 valence electrons. The van der Waals surface area contributed by atoms with Gasteiger partial charge in [-0.05, 0) is 34.2 Å². The maximum absolute atomic E-state index is 13.0. The van der Waals surface area contributed by atoms with Crippen molar-refractivity contribution >= 4 is 31.7 Å². The molecule has 29 heavy (non-hydrogen) atoms. The van der Waals surface area contributed by atoms with E-state index in [0.717, 1.165) is 12.3 Å². The van der Waals surface area contributed by atoms with Crippen LogP contribution in [0.2, 0.25) is 0 Å². The topological polar surface area (TPSA) is 75.7 Å². The number of rotatable bonds is 5. The summed E-state index contributed by atoms with van der Waals surface area (Å²) in [5.41, 5.74) is 0.223. The minimum Gasteiger partial charge on any atom is -0.485 e. The summed E-state index contributed by atoms with van der Waals surface area (Å²) in [6.07, 6.45) is -1.07. The van der Waals surface area contributed by atoms with Gasteiger partial charge in [-0.3, -0.25) is 4.79 Å². The molecule has 6 nitrogen and oxygen atoms in total. The Hall–Kier alpha value is -1.89. The highest BCUT2D eigenvalue weighted by molar-refractivity contribution is 9.12. The Bertz CT molecular complexity index is 922. The minimum absolute atomic E-state index is 0.0229. The Labute approximate surface area is 171 Å². The van der Waals surface area contributed by atoms with Crippen LogP contribution in [0.1, 0.15) is 6.92 Å². The fraction of sp³-hybridized carbons (Fsp3) is 0.438. The number of halogens is 6. The number of sulfone groups is 1. The van der Waals surface area contributed by atoms with Crippen LogP contribution in [0, 0.1) is 0 Å². The zero-order valence-electron chi connectivity index (χ0n) is 15.1. The number of amides is 1. The molecule has 0 fully saturated rings. The van der Waals surface area contributed by atoms with Crippen molar-refractivity contribution in [2.45, 2.75) is 24.3 Å². The molecule has 0 aliphatic carbocycles. The summed E-state index contributed by atoms with van der Waals surface area (Å²) in [4.78, 5) is 13.2. The zero-order chi connectivity index (χ0) is 22.2. The van der Waals surface area contributed by atoms with Crippen molar-refractivity contribution in [3.8, 4) is 0 Å². The van der Waals surface area contributed by atoms with Gasteiger partial charge >= 0.3 is 12.1 Å². The number of hydrogen-bond acceptors (Lipinski definition) is 5. The van der Waals surface area contributed by atoms with E-state index in [0.29, 0.717) is 0 Å². The SMILES string of the molecule is CCS(=O)(=O)C1C=C(Br)C(=O)NC1=C1C=CC(OCC(F)(F)C(F)(F)F)=CN1C. The molecule has 1 N–H and O–H groups in total. The first-order valence-electron chi connectivity index (χ1n) is 8.04. The van der Waals surface area contributed by atoms with Crippen molar-refractivity contribution in [1.82, 2.24) is 10.2 Å². The molecule has 0 aromatic heterocycles. The van der Waals surface area contributed by atoms with E-state index in [1.165, 1.54) is 31.0 Å². The van der Waals surface area contributed by atoms with Gasteiger partial charge in [0, 0.05) is 19.0 Å². The number of nitrogens with one attached hydrogen (secondary N) is 1. The summed E-state index contributed by atoms with van der Waals surface area (Å²) >= 11 is 2.98. The van der Waals surface area contributed by atoms with Crippen molar-refractivity contribution in [2.75, 3.05) is 19.4 Å². The van der Waals surface area contributed by atoms with Crippen molar-refractivity contribution in [1.29, 1.82) is 0 Å². The monoisotopic (exact) mass is 506 g/mol. The number of carbonyl (C=O) groups is 1. The van der Waals surface area contributed by atoms with Crippen LogP contribution >= 0.6 is 15.9 Å². The molecule has 13 heteroatoms. The Balaban J connectivity index is 2.32. The van der Waals surface area contributed by atoms with E-state index in [-0.39, 0.29) is 27.4 Å². The van der Waals surface area contributed by atoms with E-state index >= 15 is 0 Å². The van der Waals surface area contributed by atoms with E-state index in [1.54, 1.807) is 0 Å². The molecule has 0 spiro atoms. The zero-order valence-corrected chi connectivity index (χ0v) is 17.5. The molecule has 0 bridgehead atoms.